The Morgan fingerprint density at radius 1 is 1.05 bits per heavy atom. The maximum absolute atomic E-state index is 5.99. The minimum Gasteiger partial charge on any atom is -0.457 e. The van der Waals surface area contributed by atoms with Gasteiger partial charge in [-0.15, -0.1) is 0 Å². The molecule has 1 nitrogen and oxygen atoms in total. The molecule has 0 saturated heterocycles. The van der Waals surface area contributed by atoms with E-state index in [1.807, 2.05) is 30.3 Å². The van der Waals surface area contributed by atoms with Gasteiger partial charge in [-0.2, -0.15) is 0 Å². The number of rotatable bonds is 3. The maximum Gasteiger partial charge on any atom is 0.131 e. The van der Waals surface area contributed by atoms with Crippen molar-refractivity contribution in [2.45, 2.75) is 31.5 Å². The number of hydrogen-bond donors (Lipinski definition) is 0. The minimum atomic E-state index is 0.153. The first kappa shape index (κ1) is 15.4. The number of ether oxygens (including phenoxy) is 1. The van der Waals surface area contributed by atoms with Gasteiger partial charge in [-0.1, -0.05) is 60.4 Å². The van der Waals surface area contributed by atoms with Crippen LogP contribution < -0.4 is 4.74 Å². The fraction of sp³-hybridized carbons (Fsp3) is 0.294. The van der Waals surface area contributed by atoms with Crippen LogP contribution in [-0.4, -0.2) is 0 Å². The second kappa shape index (κ2) is 6.19. The van der Waals surface area contributed by atoms with Gasteiger partial charge in [0.2, 0.25) is 0 Å². The average Bonchev–Trinajstić information content (AvgIpc) is 2.40. The molecule has 2 rings (SSSR count). The molecule has 0 aliphatic rings. The van der Waals surface area contributed by atoms with E-state index in [2.05, 4.69) is 48.8 Å². The van der Waals surface area contributed by atoms with Crippen molar-refractivity contribution in [3.8, 4) is 11.5 Å². The lowest BCUT2D eigenvalue weighted by molar-refractivity contribution is 0.477. The maximum atomic E-state index is 5.99. The summed E-state index contributed by atoms with van der Waals surface area (Å²) in [7, 11) is 0. The van der Waals surface area contributed by atoms with E-state index in [9.17, 15) is 0 Å². The van der Waals surface area contributed by atoms with Crippen molar-refractivity contribution in [2.75, 3.05) is 0 Å². The van der Waals surface area contributed by atoms with E-state index >= 15 is 0 Å². The van der Waals surface area contributed by atoms with Crippen molar-refractivity contribution in [1.29, 1.82) is 0 Å². The molecule has 3 heteroatoms. The number of alkyl halides is 1. The summed E-state index contributed by atoms with van der Waals surface area (Å²) in [5.74, 6) is 1.66. The van der Waals surface area contributed by atoms with Gasteiger partial charge in [0, 0.05) is 15.9 Å². The highest BCUT2D eigenvalue weighted by Gasteiger charge is 2.13. The van der Waals surface area contributed by atoms with Crippen molar-refractivity contribution >= 4 is 27.5 Å². The van der Waals surface area contributed by atoms with Crippen LogP contribution in [0.1, 0.15) is 31.9 Å². The number of halogens is 2. The Labute approximate surface area is 134 Å². The molecule has 0 fully saturated rings. The normalized spacial score (nSPS) is 11.4. The lowest BCUT2D eigenvalue weighted by Gasteiger charge is -2.19. The molecule has 0 bridgehead atoms. The third-order valence-corrected chi connectivity index (χ3v) is 3.95. The molecule has 2 aromatic carbocycles. The third-order valence-electron chi connectivity index (χ3n) is 3.11. The molecule has 0 saturated carbocycles. The predicted octanol–water partition coefficient (Wildman–Crippen LogP) is 6.32. The van der Waals surface area contributed by atoms with E-state index in [0.717, 1.165) is 22.1 Å². The van der Waals surface area contributed by atoms with Crippen LogP contribution in [-0.2, 0) is 10.7 Å². The summed E-state index contributed by atoms with van der Waals surface area (Å²) in [6.45, 7) is 6.60. The SMILES string of the molecule is CC(C)(C)c1ccc(Oc2ccc(Cl)cc2CBr)cc1. The highest BCUT2D eigenvalue weighted by atomic mass is 79.9. The summed E-state index contributed by atoms with van der Waals surface area (Å²) >= 11 is 9.45. The average molecular weight is 354 g/mol. The lowest BCUT2D eigenvalue weighted by atomic mass is 9.87. The molecular weight excluding hydrogens is 336 g/mol. The highest BCUT2D eigenvalue weighted by molar-refractivity contribution is 9.08. The topological polar surface area (TPSA) is 9.23 Å². The van der Waals surface area contributed by atoms with Crippen LogP contribution >= 0.6 is 27.5 Å². The Bertz CT molecular complexity index is 585. The van der Waals surface area contributed by atoms with Crippen molar-refractivity contribution < 1.29 is 4.74 Å². The highest BCUT2D eigenvalue weighted by Crippen LogP contribution is 2.31. The van der Waals surface area contributed by atoms with Crippen molar-refractivity contribution in [3.63, 3.8) is 0 Å². The zero-order chi connectivity index (χ0) is 14.8. The zero-order valence-electron chi connectivity index (χ0n) is 11.9. The third kappa shape index (κ3) is 3.77. The number of hydrogen-bond acceptors (Lipinski definition) is 1. The largest absolute Gasteiger partial charge is 0.457 e. The Morgan fingerprint density at radius 3 is 2.25 bits per heavy atom. The molecule has 0 amide bonds. The van der Waals surface area contributed by atoms with Gasteiger partial charge in [0.15, 0.2) is 0 Å². The van der Waals surface area contributed by atoms with Crippen LogP contribution in [0.25, 0.3) is 0 Å². The fourth-order valence-electron chi connectivity index (χ4n) is 1.90. The molecule has 0 unspecified atom stereocenters. The summed E-state index contributed by atoms with van der Waals surface area (Å²) in [6, 6.07) is 13.9. The molecule has 106 valence electrons. The zero-order valence-corrected chi connectivity index (χ0v) is 14.3. The summed E-state index contributed by atoms with van der Waals surface area (Å²) in [4.78, 5) is 0. The van der Waals surface area contributed by atoms with Crippen molar-refractivity contribution in [3.05, 3.63) is 58.6 Å². The van der Waals surface area contributed by atoms with Gasteiger partial charge >= 0.3 is 0 Å². The van der Waals surface area contributed by atoms with E-state index in [1.165, 1.54) is 5.56 Å². The molecule has 0 radical (unpaired) electrons. The molecule has 20 heavy (non-hydrogen) atoms. The van der Waals surface area contributed by atoms with Gasteiger partial charge in [-0.25, -0.2) is 0 Å². The van der Waals surface area contributed by atoms with Crippen LogP contribution in [0.4, 0.5) is 0 Å². The molecule has 0 aromatic heterocycles. The first-order valence-electron chi connectivity index (χ1n) is 6.53. The van der Waals surface area contributed by atoms with E-state index in [0.29, 0.717) is 5.33 Å². The lowest BCUT2D eigenvalue weighted by Crippen LogP contribution is -2.10. The summed E-state index contributed by atoms with van der Waals surface area (Å²) < 4.78 is 5.93. The molecule has 0 aliphatic heterocycles. The van der Waals surface area contributed by atoms with Gasteiger partial charge in [0.05, 0.1) is 0 Å². The summed E-state index contributed by atoms with van der Waals surface area (Å²) in [5.41, 5.74) is 2.49. The number of benzene rings is 2. The van der Waals surface area contributed by atoms with Crippen LogP contribution in [0.3, 0.4) is 0 Å². The fourth-order valence-corrected chi connectivity index (χ4v) is 2.53. The minimum absolute atomic E-state index is 0.153. The predicted molar refractivity (Wildman–Crippen MR) is 89.3 cm³/mol. The molecule has 0 heterocycles. The molecule has 0 spiro atoms. The second-order valence-electron chi connectivity index (χ2n) is 5.76. The van der Waals surface area contributed by atoms with Gasteiger partial charge < -0.3 is 4.74 Å². The monoisotopic (exact) mass is 352 g/mol. The molecule has 0 atom stereocenters. The van der Waals surface area contributed by atoms with E-state index < -0.39 is 0 Å². The molecule has 2 aromatic rings. The van der Waals surface area contributed by atoms with E-state index in [4.69, 9.17) is 16.3 Å². The van der Waals surface area contributed by atoms with Gasteiger partial charge in [-0.3, -0.25) is 0 Å². The molecule has 0 N–H and O–H groups in total. The van der Waals surface area contributed by atoms with Crippen LogP contribution in [0, 0.1) is 0 Å². The second-order valence-corrected chi connectivity index (χ2v) is 6.76. The van der Waals surface area contributed by atoms with Gasteiger partial charge in [-0.05, 0) is 41.3 Å². The first-order valence-corrected chi connectivity index (χ1v) is 8.03. The van der Waals surface area contributed by atoms with E-state index in [1.54, 1.807) is 0 Å². The van der Waals surface area contributed by atoms with Crippen molar-refractivity contribution in [1.82, 2.24) is 0 Å². The van der Waals surface area contributed by atoms with Crippen molar-refractivity contribution in [2.24, 2.45) is 0 Å². The standard InChI is InChI=1S/C17H18BrClO/c1-17(2,3)13-4-7-15(8-5-13)20-16-9-6-14(19)10-12(16)11-18/h4-10H,11H2,1-3H3. The molecular formula is C17H18BrClO. The van der Waals surface area contributed by atoms with E-state index in [-0.39, 0.29) is 5.41 Å². The Morgan fingerprint density at radius 2 is 1.70 bits per heavy atom. The first-order chi connectivity index (χ1) is 9.40. The van der Waals surface area contributed by atoms with Crippen LogP contribution in [0.5, 0.6) is 11.5 Å². The Kier molecular flexibility index (Phi) is 4.77. The Balaban J connectivity index is 2.22. The summed E-state index contributed by atoms with van der Waals surface area (Å²) in [6.07, 6.45) is 0. The smallest absolute Gasteiger partial charge is 0.131 e. The quantitative estimate of drug-likeness (QED) is 0.586. The Hall–Kier alpha value is -0.990. The van der Waals surface area contributed by atoms with Crippen LogP contribution in [0.2, 0.25) is 5.02 Å². The van der Waals surface area contributed by atoms with Gasteiger partial charge in [0.1, 0.15) is 11.5 Å². The molecule has 0 aliphatic carbocycles. The van der Waals surface area contributed by atoms with Crippen LogP contribution in [0.15, 0.2) is 42.5 Å². The van der Waals surface area contributed by atoms with Gasteiger partial charge in [0.25, 0.3) is 0 Å². The summed E-state index contributed by atoms with van der Waals surface area (Å²) in [5, 5.41) is 1.43.